The maximum atomic E-state index is 5.75. The number of nitrogen functional groups attached to an aromatic ring is 1. The lowest BCUT2D eigenvalue weighted by atomic mass is 10.3. The second kappa shape index (κ2) is 4.18. The van der Waals surface area contributed by atoms with Crippen LogP contribution in [0.1, 0.15) is 0 Å². The molecule has 0 unspecified atom stereocenters. The maximum absolute atomic E-state index is 5.75. The first-order chi connectivity index (χ1) is 5.74. The third-order valence-electron chi connectivity index (χ3n) is 1.32. The van der Waals surface area contributed by atoms with Gasteiger partial charge in [0.1, 0.15) is 5.75 Å². The number of hydrogen-bond donors (Lipinski definition) is 1. The van der Waals surface area contributed by atoms with Crippen molar-refractivity contribution in [2.24, 2.45) is 0 Å². The van der Waals surface area contributed by atoms with Gasteiger partial charge < -0.3 is 15.2 Å². The van der Waals surface area contributed by atoms with Crippen molar-refractivity contribution in [3.8, 4) is 5.75 Å². The van der Waals surface area contributed by atoms with Crippen LogP contribution in [-0.2, 0) is 4.74 Å². The van der Waals surface area contributed by atoms with E-state index >= 15 is 0 Å². The summed E-state index contributed by atoms with van der Waals surface area (Å²) in [7, 11) is 1.55. The minimum Gasteiger partial charge on any atom is -0.468 e. The molecule has 3 nitrogen and oxygen atoms in total. The molecule has 12 heavy (non-hydrogen) atoms. The SMILES string of the molecule is COCOc1ccc(N)c(Cl)c1. The molecule has 0 saturated heterocycles. The van der Waals surface area contributed by atoms with Gasteiger partial charge in [0, 0.05) is 13.2 Å². The smallest absolute Gasteiger partial charge is 0.188 e. The van der Waals surface area contributed by atoms with Gasteiger partial charge in [-0.1, -0.05) is 11.6 Å². The molecule has 0 aliphatic heterocycles. The molecule has 1 aromatic rings. The zero-order valence-electron chi connectivity index (χ0n) is 6.71. The summed E-state index contributed by atoms with van der Waals surface area (Å²) >= 11 is 5.75. The molecule has 1 rings (SSSR count). The number of ether oxygens (including phenoxy) is 2. The van der Waals surface area contributed by atoms with Gasteiger partial charge in [-0.25, -0.2) is 0 Å². The van der Waals surface area contributed by atoms with Gasteiger partial charge >= 0.3 is 0 Å². The fourth-order valence-electron chi connectivity index (χ4n) is 0.725. The predicted octanol–water partition coefficient (Wildman–Crippen LogP) is 1.90. The lowest BCUT2D eigenvalue weighted by Gasteiger charge is -2.05. The third-order valence-corrected chi connectivity index (χ3v) is 1.64. The Bertz CT molecular complexity index is 265. The van der Waals surface area contributed by atoms with Crippen molar-refractivity contribution in [3.05, 3.63) is 23.2 Å². The molecule has 2 N–H and O–H groups in total. The Morgan fingerprint density at radius 1 is 1.50 bits per heavy atom. The number of rotatable bonds is 3. The van der Waals surface area contributed by atoms with Gasteiger partial charge in [0.25, 0.3) is 0 Å². The number of benzene rings is 1. The Morgan fingerprint density at radius 3 is 2.83 bits per heavy atom. The normalized spacial score (nSPS) is 9.83. The van der Waals surface area contributed by atoms with Crippen LogP contribution in [0, 0.1) is 0 Å². The summed E-state index contributed by atoms with van der Waals surface area (Å²) in [6, 6.07) is 5.07. The van der Waals surface area contributed by atoms with Crippen LogP contribution in [0.3, 0.4) is 0 Å². The summed E-state index contributed by atoms with van der Waals surface area (Å²) in [5, 5.41) is 0.489. The molecule has 0 heterocycles. The van der Waals surface area contributed by atoms with E-state index in [4.69, 9.17) is 26.8 Å². The lowest BCUT2D eigenvalue weighted by molar-refractivity contribution is 0.0511. The largest absolute Gasteiger partial charge is 0.468 e. The fourth-order valence-corrected chi connectivity index (χ4v) is 0.895. The van der Waals surface area contributed by atoms with Gasteiger partial charge in [0.2, 0.25) is 0 Å². The highest BCUT2D eigenvalue weighted by molar-refractivity contribution is 6.33. The maximum Gasteiger partial charge on any atom is 0.188 e. The molecule has 0 aliphatic rings. The summed E-state index contributed by atoms with van der Waals surface area (Å²) in [6.07, 6.45) is 0. The summed E-state index contributed by atoms with van der Waals surface area (Å²) in [5.41, 5.74) is 6.04. The van der Waals surface area contributed by atoms with Crippen molar-refractivity contribution in [3.63, 3.8) is 0 Å². The summed E-state index contributed by atoms with van der Waals surface area (Å²) in [6.45, 7) is 0.209. The Balaban J connectivity index is 2.69. The Kier molecular flexibility index (Phi) is 3.19. The van der Waals surface area contributed by atoms with Crippen LogP contribution < -0.4 is 10.5 Å². The molecule has 0 amide bonds. The molecular weight excluding hydrogens is 178 g/mol. The summed E-state index contributed by atoms with van der Waals surface area (Å²) < 4.78 is 9.85. The van der Waals surface area contributed by atoms with Gasteiger partial charge in [0.15, 0.2) is 6.79 Å². The van der Waals surface area contributed by atoms with Crippen LogP contribution in [0.4, 0.5) is 5.69 Å². The molecule has 4 heteroatoms. The molecule has 0 atom stereocenters. The van der Waals surface area contributed by atoms with Crippen LogP contribution >= 0.6 is 11.6 Å². The van der Waals surface area contributed by atoms with Gasteiger partial charge in [-0.15, -0.1) is 0 Å². The second-order valence-electron chi connectivity index (χ2n) is 2.23. The highest BCUT2D eigenvalue weighted by Crippen LogP contribution is 2.23. The first-order valence-electron chi connectivity index (χ1n) is 3.41. The highest BCUT2D eigenvalue weighted by Gasteiger charge is 1.97. The molecule has 0 aliphatic carbocycles. The van der Waals surface area contributed by atoms with Crippen LogP contribution in [0.5, 0.6) is 5.75 Å². The van der Waals surface area contributed by atoms with E-state index in [2.05, 4.69) is 0 Å². The molecule has 0 fully saturated rings. The van der Waals surface area contributed by atoms with E-state index in [-0.39, 0.29) is 6.79 Å². The van der Waals surface area contributed by atoms with Crippen LogP contribution in [0.25, 0.3) is 0 Å². The van der Waals surface area contributed by atoms with Gasteiger partial charge in [-0.05, 0) is 12.1 Å². The lowest BCUT2D eigenvalue weighted by Crippen LogP contribution is -1.98. The quantitative estimate of drug-likeness (QED) is 0.581. The number of methoxy groups -OCH3 is 1. The van der Waals surface area contributed by atoms with E-state index < -0.39 is 0 Å². The summed E-state index contributed by atoms with van der Waals surface area (Å²) in [4.78, 5) is 0. The van der Waals surface area contributed by atoms with Crippen LogP contribution in [0.15, 0.2) is 18.2 Å². The van der Waals surface area contributed by atoms with E-state index in [9.17, 15) is 0 Å². The van der Waals surface area contributed by atoms with Gasteiger partial charge in [-0.3, -0.25) is 0 Å². The van der Waals surface area contributed by atoms with E-state index in [1.165, 1.54) is 0 Å². The Labute approximate surface area is 76.0 Å². The zero-order chi connectivity index (χ0) is 8.97. The minimum absolute atomic E-state index is 0.209. The van der Waals surface area contributed by atoms with Crippen molar-refractivity contribution in [2.75, 3.05) is 19.6 Å². The minimum atomic E-state index is 0.209. The standard InChI is InChI=1S/C8H10ClNO2/c1-11-5-12-6-2-3-8(10)7(9)4-6/h2-4H,5,10H2,1H3. The molecule has 0 spiro atoms. The topological polar surface area (TPSA) is 44.5 Å². The number of hydrogen-bond acceptors (Lipinski definition) is 3. The van der Waals surface area contributed by atoms with E-state index in [1.807, 2.05) is 0 Å². The monoisotopic (exact) mass is 187 g/mol. The summed E-state index contributed by atoms with van der Waals surface area (Å²) in [5.74, 6) is 0.649. The first-order valence-corrected chi connectivity index (χ1v) is 3.78. The zero-order valence-corrected chi connectivity index (χ0v) is 7.47. The molecule has 1 aromatic carbocycles. The van der Waals surface area contributed by atoms with Gasteiger partial charge in [-0.2, -0.15) is 0 Å². The van der Waals surface area contributed by atoms with E-state index in [0.717, 1.165) is 0 Å². The number of anilines is 1. The first kappa shape index (κ1) is 9.16. The van der Waals surface area contributed by atoms with Crippen LogP contribution in [0.2, 0.25) is 5.02 Å². The number of halogens is 1. The number of nitrogens with two attached hydrogens (primary N) is 1. The predicted molar refractivity (Wildman–Crippen MR) is 48.4 cm³/mol. The Morgan fingerprint density at radius 2 is 2.25 bits per heavy atom. The van der Waals surface area contributed by atoms with Crippen molar-refractivity contribution in [2.45, 2.75) is 0 Å². The molecule has 0 radical (unpaired) electrons. The van der Waals surface area contributed by atoms with Crippen molar-refractivity contribution < 1.29 is 9.47 Å². The van der Waals surface area contributed by atoms with E-state index in [1.54, 1.807) is 25.3 Å². The highest BCUT2D eigenvalue weighted by atomic mass is 35.5. The molecular formula is C8H10ClNO2. The van der Waals surface area contributed by atoms with Crippen molar-refractivity contribution in [1.82, 2.24) is 0 Å². The third kappa shape index (κ3) is 2.29. The van der Waals surface area contributed by atoms with E-state index in [0.29, 0.717) is 16.5 Å². The Hall–Kier alpha value is -0.930. The molecule has 0 saturated carbocycles. The average molecular weight is 188 g/mol. The molecule has 66 valence electrons. The molecule has 0 bridgehead atoms. The van der Waals surface area contributed by atoms with Crippen molar-refractivity contribution >= 4 is 17.3 Å². The van der Waals surface area contributed by atoms with Gasteiger partial charge in [0.05, 0.1) is 10.7 Å². The average Bonchev–Trinajstić information content (AvgIpc) is 2.07. The molecule has 0 aromatic heterocycles. The van der Waals surface area contributed by atoms with Crippen molar-refractivity contribution in [1.29, 1.82) is 0 Å². The second-order valence-corrected chi connectivity index (χ2v) is 2.64. The van der Waals surface area contributed by atoms with Crippen LogP contribution in [-0.4, -0.2) is 13.9 Å². The fraction of sp³-hybridized carbons (Fsp3) is 0.250.